The molecule has 0 saturated heterocycles. The third-order valence-corrected chi connectivity index (χ3v) is 1.64. The van der Waals surface area contributed by atoms with Gasteiger partial charge in [0, 0.05) is 5.56 Å². The zero-order valence-electron chi connectivity index (χ0n) is 5.58. The zero-order chi connectivity index (χ0) is 7.84. The maximum Gasteiger partial charge on any atom is 0.341 e. The average molecular weight is 152 g/mol. The van der Waals surface area contributed by atoms with Crippen LogP contribution in [-0.4, -0.2) is 5.97 Å². The highest BCUT2D eigenvalue weighted by Gasteiger charge is 2.29. The van der Waals surface area contributed by atoms with Gasteiger partial charge in [-0.05, 0) is 6.07 Å². The Morgan fingerprint density at radius 1 is 1.36 bits per heavy atom. The van der Waals surface area contributed by atoms with E-state index >= 15 is 0 Å². The van der Waals surface area contributed by atoms with Crippen molar-refractivity contribution < 1.29 is 13.9 Å². The molecule has 11 heavy (non-hydrogen) atoms. The fourth-order valence-electron chi connectivity index (χ4n) is 1.10. The standard InChI is InChI=1S/C8H5FO2/c9-7-5-3-1-2-4-6(5)8(10)11-7/h1-4,7H. The molecule has 1 aliphatic rings. The molecule has 0 aliphatic carbocycles. The largest absolute Gasteiger partial charge is 0.423 e. The first-order valence-corrected chi connectivity index (χ1v) is 3.23. The van der Waals surface area contributed by atoms with Crippen LogP contribution in [0, 0.1) is 0 Å². The molecule has 1 heterocycles. The fourth-order valence-corrected chi connectivity index (χ4v) is 1.10. The normalized spacial score (nSPS) is 21.2. The lowest BCUT2D eigenvalue weighted by molar-refractivity contribution is -0.00367. The van der Waals surface area contributed by atoms with E-state index in [0.29, 0.717) is 11.1 Å². The van der Waals surface area contributed by atoms with E-state index in [1.165, 1.54) is 0 Å². The van der Waals surface area contributed by atoms with Gasteiger partial charge < -0.3 is 4.74 Å². The lowest BCUT2D eigenvalue weighted by Gasteiger charge is -1.95. The maximum absolute atomic E-state index is 12.7. The molecule has 56 valence electrons. The number of esters is 1. The molecule has 1 aromatic carbocycles. The topological polar surface area (TPSA) is 26.3 Å². The molecule has 1 aromatic rings. The van der Waals surface area contributed by atoms with Gasteiger partial charge in [-0.1, -0.05) is 18.2 Å². The average Bonchev–Trinajstić information content (AvgIpc) is 2.30. The Labute approximate surface area is 62.6 Å². The molecule has 0 radical (unpaired) electrons. The summed E-state index contributed by atoms with van der Waals surface area (Å²) in [6, 6.07) is 6.45. The summed E-state index contributed by atoms with van der Waals surface area (Å²) in [5, 5.41) is 0. The van der Waals surface area contributed by atoms with E-state index in [1.54, 1.807) is 24.3 Å². The Hall–Kier alpha value is -1.38. The van der Waals surface area contributed by atoms with E-state index < -0.39 is 12.3 Å². The van der Waals surface area contributed by atoms with Crippen LogP contribution in [-0.2, 0) is 4.74 Å². The Morgan fingerprint density at radius 2 is 2.09 bits per heavy atom. The number of carbonyl (C=O) groups excluding carboxylic acids is 1. The number of rotatable bonds is 0. The maximum atomic E-state index is 12.7. The number of alkyl halides is 1. The van der Waals surface area contributed by atoms with E-state index in [4.69, 9.17) is 0 Å². The third kappa shape index (κ3) is 0.808. The van der Waals surface area contributed by atoms with Crippen LogP contribution in [0.15, 0.2) is 24.3 Å². The molecule has 0 saturated carbocycles. The van der Waals surface area contributed by atoms with Crippen LogP contribution in [0.3, 0.4) is 0 Å². The summed E-state index contributed by atoms with van der Waals surface area (Å²) in [5.74, 6) is -0.576. The van der Waals surface area contributed by atoms with Crippen LogP contribution < -0.4 is 0 Å². The molecule has 0 N–H and O–H groups in total. The number of hydrogen-bond acceptors (Lipinski definition) is 2. The Kier molecular flexibility index (Phi) is 1.18. The van der Waals surface area contributed by atoms with Gasteiger partial charge in [-0.2, -0.15) is 4.39 Å². The van der Waals surface area contributed by atoms with E-state index in [0.717, 1.165) is 0 Å². The SMILES string of the molecule is O=C1OC(F)c2ccccc21. The molecule has 0 spiro atoms. The van der Waals surface area contributed by atoms with E-state index in [-0.39, 0.29) is 0 Å². The van der Waals surface area contributed by atoms with Crippen molar-refractivity contribution >= 4 is 5.97 Å². The van der Waals surface area contributed by atoms with Crippen molar-refractivity contribution in [2.24, 2.45) is 0 Å². The molecule has 0 fully saturated rings. The monoisotopic (exact) mass is 152 g/mol. The van der Waals surface area contributed by atoms with Gasteiger partial charge in [-0.3, -0.25) is 0 Å². The van der Waals surface area contributed by atoms with Crippen molar-refractivity contribution in [2.75, 3.05) is 0 Å². The number of fused-ring (bicyclic) bond motifs is 1. The lowest BCUT2D eigenvalue weighted by Crippen LogP contribution is -1.93. The molecule has 2 rings (SSSR count). The molecule has 0 bridgehead atoms. The molecule has 0 aromatic heterocycles. The summed E-state index contributed by atoms with van der Waals surface area (Å²) < 4.78 is 17.0. The van der Waals surface area contributed by atoms with Crippen molar-refractivity contribution in [3.05, 3.63) is 35.4 Å². The van der Waals surface area contributed by atoms with Crippen molar-refractivity contribution in [1.29, 1.82) is 0 Å². The highest BCUT2D eigenvalue weighted by molar-refractivity contribution is 5.93. The van der Waals surface area contributed by atoms with Gasteiger partial charge >= 0.3 is 5.97 Å². The summed E-state index contributed by atoms with van der Waals surface area (Å²) in [7, 11) is 0. The molecule has 1 atom stereocenters. The highest BCUT2D eigenvalue weighted by atomic mass is 19.1. The summed E-state index contributed by atoms with van der Waals surface area (Å²) in [6.45, 7) is 0. The quantitative estimate of drug-likeness (QED) is 0.530. The Balaban J connectivity index is 2.60. The number of halogens is 1. The minimum absolute atomic E-state index is 0.331. The van der Waals surface area contributed by atoms with E-state index in [2.05, 4.69) is 4.74 Å². The number of carbonyl (C=O) groups is 1. The summed E-state index contributed by atoms with van der Waals surface area (Å²) in [6.07, 6.45) is -1.57. The number of cyclic esters (lactones) is 1. The van der Waals surface area contributed by atoms with Gasteiger partial charge in [0.1, 0.15) is 0 Å². The van der Waals surface area contributed by atoms with E-state index in [1.807, 2.05) is 0 Å². The van der Waals surface area contributed by atoms with Crippen LogP contribution in [0.4, 0.5) is 4.39 Å². The first kappa shape index (κ1) is 6.34. The van der Waals surface area contributed by atoms with Gasteiger partial charge in [0.2, 0.25) is 0 Å². The summed E-state index contributed by atoms with van der Waals surface area (Å²) in [4.78, 5) is 10.8. The van der Waals surface area contributed by atoms with Gasteiger partial charge in [-0.25, -0.2) is 4.79 Å². The molecule has 0 amide bonds. The molecule has 1 unspecified atom stereocenters. The van der Waals surface area contributed by atoms with Crippen LogP contribution in [0.5, 0.6) is 0 Å². The predicted octanol–water partition coefficient (Wildman–Crippen LogP) is 1.83. The molecule has 2 nitrogen and oxygen atoms in total. The van der Waals surface area contributed by atoms with Gasteiger partial charge in [-0.15, -0.1) is 0 Å². The zero-order valence-corrected chi connectivity index (χ0v) is 5.58. The van der Waals surface area contributed by atoms with Crippen molar-refractivity contribution in [3.8, 4) is 0 Å². The van der Waals surface area contributed by atoms with E-state index in [9.17, 15) is 9.18 Å². The fraction of sp³-hybridized carbons (Fsp3) is 0.125. The lowest BCUT2D eigenvalue weighted by atomic mass is 10.1. The second-order valence-corrected chi connectivity index (χ2v) is 2.31. The number of hydrogen-bond donors (Lipinski definition) is 0. The molecular weight excluding hydrogens is 147 g/mol. The first-order chi connectivity index (χ1) is 5.29. The van der Waals surface area contributed by atoms with Crippen LogP contribution >= 0.6 is 0 Å². The molecular formula is C8H5FO2. The second-order valence-electron chi connectivity index (χ2n) is 2.31. The first-order valence-electron chi connectivity index (χ1n) is 3.23. The molecule has 3 heteroatoms. The second kappa shape index (κ2) is 2.05. The van der Waals surface area contributed by atoms with Crippen molar-refractivity contribution in [3.63, 3.8) is 0 Å². The minimum atomic E-state index is -1.57. The van der Waals surface area contributed by atoms with Crippen molar-refractivity contribution in [1.82, 2.24) is 0 Å². The van der Waals surface area contributed by atoms with Crippen LogP contribution in [0.1, 0.15) is 22.3 Å². The van der Waals surface area contributed by atoms with Gasteiger partial charge in [0.05, 0.1) is 5.56 Å². The number of benzene rings is 1. The summed E-state index contributed by atoms with van der Waals surface area (Å²) in [5.41, 5.74) is 0.664. The minimum Gasteiger partial charge on any atom is -0.423 e. The van der Waals surface area contributed by atoms with Crippen LogP contribution in [0.2, 0.25) is 0 Å². The number of ether oxygens (including phenoxy) is 1. The smallest absolute Gasteiger partial charge is 0.341 e. The Bertz CT molecular complexity index is 309. The predicted molar refractivity (Wildman–Crippen MR) is 35.7 cm³/mol. The third-order valence-electron chi connectivity index (χ3n) is 1.64. The van der Waals surface area contributed by atoms with Gasteiger partial charge in [0.15, 0.2) is 0 Å². The van der Waals surface area contributed by atoms with Crippen molar-refractivity contribution in [2.45, 2.75) is 6.36 Å². The Morgan fingerprint density at radius 3 is 2.82 bits per heavy atom. The highest BCUT2D eigenvalue weighted by Crippen LogP contribution is 2.30. The van der Waals surface area contributed by atoms with Gasteiger partial charge in [0.25, 0.3) is 6.36 Å². The van der Waals surface area contributed by atoms with Crippen LogP contribution in [0.25, 0.3) is 0 Å². The summed E-state index contributed by atoms with van der Waals surface area (Å²) >= 11 is 0. The molecule has 1 aliphatic heterocycles.